The molecule has 0 bridgehead atoms. The van der Waals surface area contributed by atoms with Crippen LogP contribution in [0.15, 0.2) is 0 Å². The van der Waals surface area contributed by atoms with Gasteiger partial charge in [0.15, 0.2) is 0 Å². The molecule has 0 aromatic carbocycles. The molecule has 2 fully saturated rings. The Morgan fingerprint density at radius 3 is 2.67 bits per heavy atom. The van der Waals surface area contributed by atoms with Gasteiger partial charge in [-0.3, -0.25) is 9.80 Å². The van der Waals surface area contributed by atoms with Crippen LogP contribution in [0.1, 0.15) is 46.5 Å². The van der Waals surface area contributed by atoms with Gasteiger partial charge in [0.25, 0.3) is 0 Å². The number of hydrogen-bond acceptors (Lipinski definition) is 3. The molecular formula is C15H31N3. The van der Waals surface area contributed by atoms with Crippen molar-refractivity contribution in [1.29, 1.82) is 0 Å². The van der Waals surface area contributed by atoms with E-state index in [-0.39, 0.29) is 5.54 Å². The van der Waals surface area contributed by atoms with E-state index in [2.05, 4.69) is 30.6 Å². The van der Waals surface area contributed by atoms with E-state index >= 15 is 0 Å². The number of piperazine rings is 1. The van der Waals surface area contributed by atoms with E-state index in [1.807, 2.05) is 0 Å². The SMILES string of the molecule is CC(C)CC(C)(CN)N1CCN2CCCCC2C1. The van der Waals surface area contributed by atoms with Gasteiger partial charge >= 0.3 is 0 Å². The van der Waals surface area contributed by atoms with Crippen molar-refractivity contribution in [1.82, 2.24) is 9.80 Å². The van der Waals surface area contributed by atoms with Gasteiger partial charge in [-0.2, -0.15) is 0 Å². The van der Waals surface area contributed by atoms with Crippen LogP contribution in [-0.4, -0.2) is 54.1 Å². The third-order valence-corrected chi connectivity index (χ3v) is 4.89. The fourth-order valence-electron chi connectivity index (χ4n) is 3.87. The largest absolute Gasteiger partial charge is 0.329 e. The summed E-state index contributed by atoms with van der Waals surface area (Å²) in [4.78, 5) is 5.38. The average molecular weight is 253 g/mol. The summed E-state index contributed by atoms with van der Waals surface area (Å²) in [6.07, 6.45) is 5.42. The van der Waals surface area contributed by atoms with Crippen molar-refractivity contribution in [2.75, 3.05) is 32.7 Å². The molecule has 106 valence electrons. The number of fused-ring (bicyclic) bond motifs is 1. The van der Waals surface area contributed by atoms with E-state index in [9.17, 15) is 0 Å². The van der Waals surface area contributed by atoms with Crippen LogP contribution in [0.3, 0.4) is 0 Å². The van der Waals surface area contributed by atoms with Crippen molar-refractivity contribution in [2.45, 2.75) is 58.0 Å². The number of nitrogens with two attached hydrogens (primary N) is 1. The third kappa shape index (κ3) is 3.06. The molecule has 2 N–H and O–H groups in total. The molecule has 2 atom stereocenters. The van der Waals surface area contributed by atoms with Crippen LogP contribution >= 0.6 is 0 Å². The van der Waals surface area contributed by atoms with Gasteiger partial charge in [0.05, 0.1) is 0 Å². The smallest absolute Gasteiger partial charge is 0.0307 e. The minimum absolute atomic E-state index is 0.206. The summed E-state index contributed by atoms with van der Waals surface area (Å²) in [6.45, 7) is 12.8. The van der Waals surface area contributed by atoms with Gasteiger partial charge in [-0.15, -0.1) is 0 Å². The molecule has 2 unspecified atom stereocenters. The summed E-state index contributed by atoms with van der Waals surface area (Å²) in [5.41, 5.74) is 6.30. The predicted molar refractivity (Wildman–Crippen MR) is 77.7 cm³/mol. The molecule has 0 spiro atoms. The zero-order chi connectivity index (χ0) is 13.2. The van der Waals surface area contributed by atoms with Crippen LogP contribution in [0, 0.1) is 5.92 Å². The summed E-state index contributed by atoms with van der Waals surface area (Å²) in [6, 6.07) is 0.797. The van der Waals surface area contributed by atoms with Crippen molar-refractivity contribution in [3.63, 3.8) is 0 Å². The quantitative estimate of drug-likeness (QED) is 0.831. The lowest BCUT2D eigenvalue weighted by Crippen LogP contribution is -2.63. The average Bonchev–Trinajstić information content (AvgIpc) is 2.37. The minimum Gasteiger partial charge on any atom is -0.329 e. The summed E-state index contributed by atoms with van der Waals surface area (Å²) >= 11 is 0. The van der Waals surface area contributed by atoms with Crippen LogP contribution in [0.25, 0.3) is 0 Å². The van der Waals surface area contributed by atoms with Gasteiger partial charge in [-0.05, 0) is 38.6 Å². The Hall–Kier alpha value is -0.120. The Morgan fingerprint density at radius 2 is 2.00 bits per heavy atom. The van der Waals surface area contributed by atoms with E-state index in [0.29, 0.717) is 0 Å². The van der Waals surface area contributed by atoms with E-state index in [1.54, 1.807) is 0 Å². The van der Waals surface area contributed by atoms with Crippen molar-refractivity contribution in [2.24, 2.45) is 11.7 Å². The number of nitrogens with zero attached hydrogens (tertiary/aromatic N) is 2. The molecule has 2 aliphatic heterocycles. The Labute approximate surface area is 113 Å². The first-order chi connectivity index (χ1) is 8.55. The number of rotatable bonds is 4. The maximum Gasteiger partial charge on any atom is 0.0307 e. The molecule has 3 nitrogen and oxygen atoms in total. The highest BCUT2D eigenvalue weighted by Crippen LogP contribution is 2.29. The molecule has 0 amide bonds. The van der Waals surface area contributed by atoms with Gasteiger partial charge in [-0.25, -0.2) is 0 Å². The third-order valence-electron chi connectivity index (χ3n) is 4.89. The molecule has 0 aromatic heterocycles. The molecular weight excluding hydrogens is 222 g/mol. The van der Waals surface area contributed by atoms with Gasteiger partial charge in [0, 0.05) is 37.8 Å². The van der Waals surface area contributed by atoms with E-state index in [0.717, 1.165) is 18.5 Å². The molecule has 2 aliphatic rings. The Morgan fingerprint density at radius 1 is 1.22 bits per heavy atom. The standard InChI is InChI=1S/C15H31N3/c1-13(2)10-15(3,12-16)18-9-8-17-7-5-4-6-14(17)11-18/h13-14H,4-12,16H2,1-3H3. The minimum atomic E-state index is 0.206. The van der Waals surface area contributed by atoms with Gasteiger partial charge in [-0.1, -0.05) is 20.3 Å². The predicted octanol–water partition coefficient (Wildman–Crippen LogP) is 1.92. The maximum absolute atomic E-state index is 6.10. The fourth-order valence-corrected chi connectivity index (χ4v) is 3.87. The molecule has 3 heteroatoms. The van der Waals surface area contributed by atoms with Gasteiger partial charge in [0.1, 0.15) is 0 Å². The fraction of sp³-hybridized carbons (Fsp3) is 1.00. The van der Waals surface area contributed by atoms with Crippen molar-refractivity contribution in [3.8, 4) is 0 Å². The molecule has 2 heterocycles. The lowest BCUT2D eigenvalue weighted by atomic mass is 9.87. The van der Waals surface area contributed by atoms with Crippen LogP contribution in [0.4, 0.5) is 0 Å². The summed E-state index contributed by atoms with van der Waals surface area (Å²) in [7, 11) is 0. The van der Waals surface area contributed by atoms with Gasteiger partial charge < -0.3 is 5.73 Å². The maximum atomic E-state index is 6.10. The number of hydrogen-bond donors (Lipinski definition) is 1. The Bertz CT molecular complexity index is 266. The number of piperidine rings is 1. The lowest BCUT2D eigenvalue weighted by molar-refractivity contribution is -0.0117. The van der Waals surface area contributed by atoms with Crippen LogP contribution in [-0.2, 0) is 0 Å². The van der Waals surface area contributed by atoms with Crippen LogP contribution in [0.2, 0.25) is 0 Å². The summed E-state index contributed by atoms with van der Waals surface area (Å²) < 4.78 is 0. The normalized spacial score (nSPS) is 30.2. The molecule has 2 saturated heterocycles. The first kappa shape index (κ1) is 14.3. The first-order valence-corrected chi connectivity index (χ1v) is 7.74. The monoisotopic (exact) mass is 253 g/mol. The zero-order valence-corrected chi connectivity index (χ0v) is 12.5. The Balaban J connectivity index is 1.99. The van der Waals surface area contributed by atoms with E-state index in [1.165, 1.54) is 51.9 Å². The highest BCUT2D eigenvalue weighted by molar-refractivity contribution is 4.95. The Kier molecular flexibility index (Phi) is 4.68. The molecule has 0 saturated carbocycles. The second-order valence-electron chi connectivity index (χ2n) is 6.93. The van der Waals surface area contributed by atoms with Gasteiger partial charge in [0.2, 0.25) is 0 Å². The second kappa shape index (κ2) is 5.89. The molecule has 0 aromatic rings. The van der Waals surface area contributed by atoms with E-state index in [4.69, 9.17) is 5.73 Å². The summed E-state index contributed by atoms with van der Waals surface area (Å²) in [5.74, 6) is 0.725. The second-order valence-corrected chi connectivity index (χ2v) is 6.93. The van der Waals surface area contributed by atoms with Crippen molar-refractivity contribution < 1.29 is 0 Å². The van der Waals surface area contributed by atoms with Crippen LogP contribution < -0.4 is 5.73 Å². The molecule has 0 aliphatic carbocycles. The topological polar surface area (TPSA) is 32.5 Å². The zero-order valence-electron chi connectivity index (χ0n) is 12.5. The van der Waals surface area contributed by atoms with E-state index < -0.39 is 0 Å². The molecule has 18 heavy (non-hydrogen) atoms. The highest BCUT2D eigenvalue weighted by Gasteiger charge is 2.37. The van der Waals surface area contributed by atoms with Crippen molar-refractivity contribution in [3.05, 3.63) is 0 Å². The highest BCUT2D eigenvalue weighted by atomic mass is 15.3. The molecule has 0 radical (unpaired) electrons. The van der Waals surface area contributed by atoms with Crippen LogP contribution in [0.5, 0.6) is 0 Å². The summed E-state index contributed by atoms with van der Waals surface area (Å²) in [5, 5.41) is 0. The molecule has 2 rings (SSSR count). The van der Waals surface area contributed by atoms with Crippen molar-refractivity contribution >= 4 is 0 Å². The first-order valence-electron chi connectivity index (χ1n) is 7.74. The lowest BCUT2D eigenvalue weighted by Gasteiger charge is -2.51.